The standard InChI is InChI=1S/C17H26N4O3S/c1-14-5-4-6-15(18-14)13-21-16(22)7-8-17(21)9-11-20(12-10-17)25(23,24)19(2)3/h4-6H,7-13H2,1-3H3. The highest BCUT2D eigenvalue weighted by molar-refractivity contribution is 7.86. The Balaban J connectivity index is 1.76. The van der Waals surface area contributed by atoms with Crippen molar-refractivity contribution in [2.45, 2.75) is 44.7 Å². The number of hydrogen-bond donors (Lipinski definition) is 0. The Hall–Kier alpha value is -1.51. The zero-order chi connectivity index (χ0) is 18.2. The first-order valence-corrected chi connectivity index (χ1v) is 10.0. The van der Waals surface area contributed by atoms with Crippen LogP contribution in [0.5, 0.6) is 0 Å². The van der Waals surface area contributed by atoms with Crippen LogP contribution in [0.4, 0.5) is 0 Å². The van der Waals surface area contributed by atoms with Gasteiger partial charge in [-0.2, -0.15) is 17.0 Å². The lowest BCUT2D eigenvalue weighted by Crippen LogP contribution is -2.55. The predicted molar refractivity (Wildman–Crippen MR) is 94.9 cm³/mol. The molecule has 0 radical (unpaired) electrons. The van der Waals surface area contributed by atoms with Crippen LogP contribution in [0.1, 0.15) is 37.1 Å². The first-order chi connectivity index (χ1) is 11.7. The molecule has 2 aliphatic heterocycles. The molecule has 25 heavy (non-hydrogen) atoms. The quantitative estimate of drug-likeness (QED) is 0.801. The Morgan fingerprint density at radius 3 is 2.48 bits per heavy atom. The Labute approximate surface area is 149 Å². The van der Waals surface area contributed by atoms with Crippen molar-refractivity contribution in [3.05, 3.63) is 29.6 Å². The summed E-state index contributed by atoms with van der Waals surface area (Å²) in [6.07, 6.45) is 2.69. The molecular weight excluding hydrogens is 340 g/mol. The highest BCUT2D eigenvalue weighted by Gasteiger charge is 2.48. The summed E-state index contributed by atoms with van der Waals surface area (Å²) in [6, 6.07) is 5.84. The highest BCUT2D eigenvalue weighted by Crippen LogP contribution is 2.40. The molecule has 1 aromatic rings. The van der Waals surface area contributed by atoms with Gasteiger partial charge in [0.05, 0.1) is 12.2 Å². The molecule has 3 rings (SSSR count). The lowest BCUT2D eigenvalue weighted by atomic mass is 9.85. The molecule has 2 saturated heterocycles. The van der Waals surface area contributed by atoms with E-state index in [2.05, 4.69) is 4.98 Å². The van der Waals surface area contributed by atoms with E-state index in [1.165, 1.54) is 8.61 Å². The van der Waals surface area contributed by atoms with Crippen molar-refractivity contribution in [1.82, 2.24) is 18.5 Å². The van der Waals surface area contributed by atoms with Crippen LogP contribution in [0.2, 0.25) is 0 Å². The molecular formula is C17H26N4O3S. The fraction of sp³-hybridized carbons (Fsp3) is 0.647. The molecule has 0 bridgehead atoms. The molecule has 2 fully saturated rings. The van der Waals surface area contributed by atoms with E-state index in [0.29, 0.717) is 38.9 Å². The maximum absolute atomic E-state index is 12.5. The van der Waals surface area contributed by atoms with E-state index in [9.17, 15) is 13.2 Å². The normalized spacial score (nSPS) is 21.4. The molecule has 0 N–H and O–H groups in total. The first kappa shape index (κ1) is 18.3. The first-order valence-electron chi connectivity index (χ1n) is 8.65. The SMILES string of the molecule is Cc1cccc(CN2C(=O)CCC23CCN(S(=O)(=O)N(C)C)CC3)n1. The van der Waals surface area contributed by atoms with E-state index in [0.717, 1.165) is 17.8 Å². The number of nitrogens with zero attached hydrogens (tertiary/aromatic N) is 4. The van der Waals surface area contributed by atoms with Crippen LogP contribution in [0.15, 0.2) is 18.2 Å². The van der Waals surface area contributed by atoms with E-state index in [4.69, 9.17) is 0 Å². The molecule has 0 aliphatic carbocycles. The van der Waals surface area contributed by atoms with Crippen LogP contribution in [-0.4, -0.2) is 65.5 Å². The van der Waals surface area contributed by atoms with Gasteiger partial charge in [-0.15, -0.1) is 0 Å². The Morgan fingerprint density at radius 2 is 1.88 bits per heavy atom. The van der Waals surface area contributed by atoms with E-state index >= 15 is 0 Å². The van der Waals surface area contributed by atoms with Crippen molar-refractivity contribution in [2.24, 2.45) is 0 Å². The number of piperidine rings is 1. The summed E-state index contributed by atoms with van der Waals surface area (Å²) >= 11 is 0. The van der Waals surface area contributed by atoms with Gasteiger partial charge >= 0.3 is 0 Å². The molecule has 3 heterocycles. The molecule has 7 nitrogen and oxygen atoms in total. The maximum atomic E-state index is 12.5. The number of hydrogen-bond acceptors (Lipinski definition) is 4. The molecule has 2 aliphatic rings. The second kappa shape index (κ2) is 6.66. The molecule has 138 valence electrons. The van der Waals surface area contributed by atoms with Crippen molar-refractivity contribution in [3.63, 3.8) is 0 Å². The summed E-state index contributed by atoms with van der Waals surface area (Å²) in [5.74, 6) is 0.146. The minimum absolute atomic E-state index is 0.146. The largest absolute Gasteiger partial charge is 0.331 e. The van der Waals surface area contributed by atoms with Gasteiger partial charge in [-0.05, 0) is 38.3 Å². The molecule has 0 aromatic carbocycles. The van der Waals surface area contributed by atoms with Crippen molar-refractivity contribution in [3.8, 4) is 0 Å². The lowest BCUT2D eigenvalue weighted by Gasteiger charge is -2.44. The summed E-state index contributed by atoms with van der Waals surface area (Å²) in [7, 11) is -0.291. The van der Waals surface area contributed by atoms with Gasteiger partial charge in [0.1, 0.15) is 0 Å². The minimum atomic E-state index is -3.39. The number of amides is 1. The smallest absolute Gasteiger partial charge is 0.281 e. The van der Waals surface area contributed by atoms with Crippen molar-refractivity contribution in [2.75, 3.05) is 27.2 Å². The van der Waals surface area contributed by atoms with E-state index in [1.54, 1.807) is 14.1 Å². The summed E-state index contributed by atoms with van der Waals surface area (Å²) in [5.41, 5.74) is 1.59. The third kappa shape index (κ3) is 3.43. The van der Waals surface area contributed by atoms with Crippen LogP contribution in [0.3, 0.4) is 0 Å². The summed E-state index contributed by atoms with van der Waals surface area (Å²) in [6.45, 7) is 3.34. The third-order valence-electron chi connectivity index (χ3n) is 5.38. The maximum Gasteiger partial charge on any atom is 0.281 e. The number of pyridine rings is 1. The van der Waals surface area contributed by atoms with E-state index < -0.39 is 10.2 Å². The number of aryl methyl sites for hydroxylation is 1. The van der Waals surface area contributed by atoms with E-state index in [1.807, 2.05) is 30.0 Å². The van der Waals surface area contributed by atoms with Crippen LogP contribution < -0.4 is 0 Å². The second-order valence-electron chi connectivity index (χ2n) is 7.16. The number of carbonyl (C=O) groups excluding carboxylic acids is 1. The Kier molecular flexibility index (Phi) is 4.87. The Bertz CT molecular complexity index is 755. The third-order valence-corrected chi connectivity index (χ3v) is 7.33. The summed E-state index contributed by atoms with van der Waals surface area (Å²) < 4.78 is 27.4. The topological polar surface area (TPSA) is 73.8 Å². The lowest BCUT2D eigenvalue weighted by molar-refractivity contribution is -0.133. The van der Waals surface area contributed by atoms with Gasteiger partial charge in [-0.1, -0.05) is 6.07 Å². The monoisotopic (exact) mass is 366 g/mol. The molecule has 1 spiro atoms. The highest BCUT2D eigenvalue weighted by atomic mass is 32.2. The molecule has 8 heteroatoms. The van der Waals surface area contributed by atoms with Crippen LogP contribution >= 0.6 is 0 Å². The van der Waals surface area contributed by atoms with Crippen LogP contribution in [-0.2, 0) is 21.5 Å². The van der Waals surface area contributed by atoms with Gasteiger partial charge in [-0.25, -0.2) is 0 Å². The zero-order valence-corrected chi connectivity index (χ0v) is 15.9. The molecule has 1 amide bonds. The van der Waals surface area contributed by atoms with Gasteiger partial charge in [0.25, 0.3) is 10.2 Å². The van der Waals surface area contributed by atoms with Gasteiger partial charge in [0.15, 0.2) is 0 Å². The minimum Gasteiger partial charge on any atom is -0.331 e. The average molecular weight is 366 g/mol. The van der Waals surface area contributed by atoms with Gasteiger partial charge in [-0.3, -0.25) is 9.78 Å². The Morgan fingerprint density at radius 1 is 1.20 bits per heavy atom. The van der Waals surface area contributed by atoms with Gasteiger partial charge in [0, 0.05) is 44.8 Å². The van der Waals surface area contributed by atoms with Crippen LogP contribution in [0.25, 0.3) is 0 Å². The van der Waals surface area contributed by atoms with Crippen molar-refractivity contribution >= 4 is 16.1 Å². The van der Waals surface area contributed by atoms with E-state index in [-0.39, 0.29) is 11.4 Å². The molecule has 1 aromatic heterocycles. The molecule has 0 unspecified atom stereocenters. The zero-order valence-electron chi connectivity index (χ0n) is 15.1. The van der Waals surface area contributed by atoms with Gasteiger partial charge in [0.2, 0.25) is 5.91 Å². The van der Waals surface area contributed by atoms with Crippen molar-refractivity contribution < 1.29 is 13.2 Å². The number of aromatic nitrogens is 1. The molecule has 0 saturated carbocycles. The predicted octanol–water partition coefficient (Wildman–Crippen LogP) is 1.15. The van der Waals surface area contributed by atoms with Crippen LogP contribution in [0, 0.1) is 6.92 Å². The average Bonchev–Trinajstić information content (AvgIpc) is 2.85. The fourth-order valence-corrected chi connectivity index (χ4v) is 4.97. The number of rotatable bonds is 4. The summed E-state index contributed by atoms with van der Waals surface area (Å²) in [4.78, 5) is 18.9. The molecule has 0 atom stereocenters. The second-order valence-corrected chi connectivity index (χ2v) is 9.31. The number of likely N-dealkylation sites (tertiary alicyclic amines) is 1. The fourth-order valence-electron chi connectivity index (χ4n) is 3.86. The number of carbonyl (C=O) groups is 1. The van der Waals surface area contributed by atoms with Crippen molar-refractivity contribution in [1.29, 1.82) is 0 Å². The van der Waals surface area contributed by atoms with Gasteiger partial charge < -0.3 is 4.90 Å². The summed E-state index contributed by atoms with van der Waals surface area (Å²) in [5, 5.41) is 0.